The maximum absolute atomic E-state index is 14.4. The fourth-order valence-electron chi connectivity index (χ4n) is 10.2. The van der Waals surface area contributed by atoms with Crippen molar-refractivity contribution in [2.75, 3.05) is 34.5 Å². The normalized spacial score (nSPS) is 22.3. The molecule has 0 spiro atoms. The molecule has 64 heavy (non-hydrogen) atoms. The van der Waals surface area contributed by atoms with Gasteiger partial charge in [0, 0.05) is 43.4 Å². The number of methoxy groups -OCH3 is 3. The standard InChI is InChI=1S/C47H56N8O9/c1-24-7-13-36(54(24)44(56)39(26(3)60-4)52-46(58)61-5)42-48-22-35(50-42)29-9-11-31-30(19-29)23-64-38-21-32-28(20-33(31)38)10-12-34-41(32)51-43(49-34)37-14-8-25(2)55(37)45(57)40(53-47(59)62-6)27-15-17-63-18-16-27/h9-12,19-22,24-27,36-37,39-40H,7-8,13-18,23H2,1-6H3,(H,48,50)(H,49,51)(H,52,58)(H,53,59)/t24-,25-,26?,36-,37-,39?,40?/m0/s1. The van der Waals surface area contributed by atoms with Crippen LogP contribution in [0, 0.1) is 5.92 Å². The molecule has 17 heteroatoms. The summed E-state index contributed by atoms with van der Waals surface area (Å²) < 4.78 is 27.2. The van der Waals surface area contributed by atoms with Crippen LogP contribution >= 0.6 is 0 Å². The van der Waals surface area contributed by atoms with Crippen molar-refractivity contribution < 1.29 is 42.9 Å². The van der Waals surface area contributed by atoms with Crippen molar-refractivity contribution in [3.05, 3.63) is 65.9 Å². The number of likely N-dealkylation sites (tertiary alicyclic amines) is 2. The van der Waals surface area contributed by atoms with Gasteiger partial charge in [-0.2, -0.15) is 0 Å². The van der Waals surface area contributed by atoms with Crippen molar-refractivity contribution in [2.45, 2.75) is 108 Å². The summed E-state index contributed by atoms with van der Waals surface area (Å²) in [6.07, 6.45) is 4.28. The summed E-state index contributed by atoms with van der Waals surface area (Å²) in [6, 6.07) is 12.2. The summed E-state index contributed by atoms with van der Waals surface area (Å²) in [6.45, 7) is 7.24. The van der Waals surface area contributed by atoms with E-state index in [1.807, 2.05) is 17.9 Å². The van der Waals surface area contributed by atoms with Crippen molar-refractivity contribution in [3.8, 4) is 28.1 Å². The zero-order chi connectivity index (χ0) is 44.8. The first kappa shape index (κ1) is 43.1. The van der Waals surface area contributed by atoms with Gasteiger partial charge in [0.1, 0.15) is 36.1 Å². The van der Waals surface area contributed by atoms with Crippen LogP contribution in [0.4, 0.5) is 9.59 Å². The number of nitrogens with zero attached hydrogens (tertiary/aromatic N) is 4. The summed E-state index contributed by atoms with van der Waals surface area (Å²) in [5.74, 6) is 1.70. The van der Waals surface area contributed by atoms with Crippen LogP contribution in [0.1, 0.15) is 88.6 Å². The van der Waals surface area contributed by atoms with E-state index < -0.39 is 30.4 Å². The zero-order valence-electron chi connectivity index (χ0n) is 37.1. The van der Waals surface area contributed by atoms with Crippen molar-refractivity contribution in [1.29, 1.82) is 0 Å². The molecule has 4 aliphatic heterocycles. The lowest BCUT2D eigenvalue weighted by Gasteiger charge is -2.36. The number of fused-ring (bicyclic) bond motifs is 6. The number of ether oxygens (including phenoxy) is 5. The third-order valence-electron chi connectivity index (χ3n) is 13.8. The van der Waals surface area contributed by atoms with Crippen molar-refractivity contribution in [2.24, 2.45) is 5.92 Å². The molecule has 6 heterocycles. The molecular formula is C47H56N8O9. The predicted molar refractivity (Wildman–Crippen MR) is 236 cm³/mol. The molecule has 2 aromatic heterocycles. The van der Waals surface area contributed by atoms with Gasteiger partial charge in [0.25, 0.3) is 0 Å². The van der Waals surface area contributed by atoms with Crippen molar-refractivity contribution >= 4 is 45.8 Å². The van der Waals surface area contributed by atoms with E-state index in [1.165, 1.54) is 21.3 Å². The largest absolute Gasteiger partial charge is 0.488 e. The zero-order valence-corrected chi connectivity index (χ0v) is 37.1. The fraction of sp³-hybridized carbons (Fsp3) is 0.489. The van der Waals surface area contributed by atoms with Gasteiger partial charge in [-0.05, 0) is 112 Å². The van der Waals surface area contributed by atoms with Crippen LogP contribution in [0.25, 0.3) is 44.2 Å². The maximum Gasteiger partial charge on any atom is 0.407 e. The number of amides is 4. The lowest BCUT2D eigenvalue weighted by molar-refractivity contribution is -0.140. The van der Waals surface area contributed by atoms with E-state index in [0.29, 0.717) is 50.7 Å². The molecule has 17 nitrogen and oxygen atoms in total. The average Bonchev–Trinajstić information content (AvgIpc) is 4.14. The topological polar surface area (TPSA) is 202 Å². The summed E-state index contributed by atoms with van der Waals surface area (Å²) in [5.41, 5.74) is 6.51. The number of benzene rings is 3. The number of nitrogens with one attached hydrogen (secondary N) is 4. The molecule has 4 aliphatic rings. The van der Waals surface area contributed by atoms with Crippen LogP contribution in [0.5, 0.6) is 5.75 Å². The van der Waals surface area contributed by atoms with Gasteiger partial charge in [-0.15, -0.1) is 0 Å². The number of carbonyl (C=O) groups is 4. The van der Waals surface area contributed by atoms with Crippen molar-refractivity contribution in [1.82, 2.24) is 40.4 Å². The van der Waals surface area contributed by atoms with Gasteiger partial charge < -0.3 is 54.1 Å². The molecule has 4 N–H and O–H groups in total. The smallest absolute Gasteiger partial charge is 0.407 e. The Hall–Kier alpha value is -6.20. The Morgan fingerprint density at radius 1 is 0.797 bits per heavy atom. The Bertz CT molecular complexity index is 2590. The van der Waals surface area contributed by atoms with Gasteiger partial charge in [0.2, 0.25) is 11.8 Å². The van der Waals surface area contributed by atoms with Crippen LogP contribution in [0.3, 0.4) is 0 Å². The molecule has 0 radical (unpaired) electrons. The minimum Gasteiger partial charge on any atom is -0.488 e. The number of carbonyl (C=O) groups excluding carboxylic acids is 4. The second-order valence-corrected chi connectivity index (χ2v) is 17.5. The third-order valence-corrected chi connectivity index (χ3v) is 13.8. The molecule has 338 valence electrons. The van der Waals surface area contributed by atoms with E-state index >= 15 is 0 Å². The predicted octanol–water partition coefficient (Wildman–Crippen LogP) is 6.68. The van der Waals surface area contributed by atoms with Crippen LogP contribution in [0.2, 0.25) is 0 Å². The maximum atomic E-state index is 14.4. The number of alkyl carbamates (subject to hydrolysis) is 2. The first-order chi connectivity index (χ1) is 31.0. The number of imidazole rings is 2. The highest BCUT2D eigenvalue weighted by atomic mass is 16.5. The molecule has 9 rings (SSSR count). The van der Waals surface area contributed by atoms with Crippen LogP contribution in [0.15, 0.2) is 48.7 Å². The molecule has 0 aliphatic carbocycles. The van der Waals surface area contributed by atoms with Gasteiger partial charge in [0.15, 0.2) is 0 Å². The molecule has 3 saturated heterocycles. The lowest BCUT2D eigenvalue weighted by atomic mass is 9.90. The second-order valence-electron chi connectivity index (χ2n) is 17.5. The van der Waals surface area contributed by atoms with Gasteiger partial charge in [-0.25, -0.2) is 19.6 Å². The summed E-state index contributed by atoms with van der Waals surface area (Å²) in [4.78, 5) is 73.6. The lowest BCUT2D eigenvalue weighted by Crippen LogP contribution is -2.55. The highest BCUT2D eigenvalue weighted by Crippen LogP contribution is 2.44. The fourth-order valence-corrected chi connectivity index (χ4v) is 10.2. The monoisotopic (exact) mass is 876 g/mol. The van der Waals surface area contributed by atoms with E-state index in [0.717, 1.165) is 74.8 Å². The number of aromatic amines is 2. The van der Waals surface area contributed by atoms with Crippen LogP contribution in [-0.4, -0.2) is 119 Å². The second kappa shape index (κ2) is 17.8. The minimum atomic E-state index is -0.928. The summed E-state index contributed by atoms with van der Waals surface area (Å²) >= 11 is 0. The number of hydrogen-bond acceptors (Lipinski definition) is 11. The molecular weight excluding hydrogens is 821 g/mol. The number of aromatic nitrogens is 4. The van der Waals surface area contributed by atoms with Gasteiger partial charge in [-0.3, -0.25) is 9.59 Å². The van der Waals surface area contributed by atoms with E-state index in [4.69, 9.17) is 33.7 Å². The molecule has 0 bridgehead atoms. The van der Waals surface area contributed by atoms with Crippen molar-refractivity contribution in [3.63, 3.8) is 0 Å². The Kier molecular flexibility index (Phi) is 11.9. The first-order valence-corrected chi connectivity index (χ1v) is 22.2. The molecule has 3 aromatic carbocycles. The molecule has 7 atom stereocenters. The Morgan fingerprint density at radius 3 is 2.22 bits per heavy atom. The number of hydrogen-bond donors (Lipinski definition) is 4. The Balaban J connectivity index is 0.963. The molecule has 4 amide bonds. The summed E-state index contributed by atoms with van der Waals surface area (Å²) in [7, 11) is 4.07. The van der Waals surface area contributed by atoms with Crippen LogP contribution < -0.4 is 15.4 Å². The first-order valence-electron chi connectivity index (χ1n) is 22.2. The van der Waals surface area contributed by atoms with Gasteiger partial charge in [-0.1, -0.05) is 18.2 Å². The number of H-pyrrole nitrogens is 2. The highest BCUT2D eigenvalue weighted by Gasteiger charge is 2.44. The quantitative estimate of drug-likeness (QED) is 0.117. The van der Waals surface area contributed by atoms with E-state index in [1.54, 1.807) is 18.0 Å². The van der Waals surface area contributed by atoms with Crippen LogP contribution in [-0.2, 0) is 35.1 Å². The minimum absolute atomic E-state index is 0.0424. The number of rotatable bonds is 10. The summed E-state index contributed by atoms with van der Waals surface area (Å²) in [5, 5.41) is 7.49. The van der Waals surface area contributed by atoms with E-state index in [-0.39, 0.29) is 41.9 Å². The highest BCUT2D eigenvalue weighted by molar-refractivity contribution is 6.07. The SMILES string of the molecule is COC(=O)NC(C(=O)N1[C@@H](C)CC[C@H]1c1nc2ccc3cc4c(cc3c2[nH]1)OCc1cc(-c2cnc([C@@H]3CC[C@H](C)N3C(=O)C(NC(=O)OC)C(C)OC)[nH]2)ccc1-4)C1CCOCC1. The molecule has 3 unspecified atom stereocenters. The molecule has 5 aromatic rings. The molecule has 0 saturated carbocycles. The van der Waals surface area contributed by atoms with Gasteiger partial charge >= 0.3 is 12.2 Å². The molecule has 3 fully saturated rings. The van der Waals surface area contributed by atoms with Gasteiger partial charge in [0.05, 0.1) is 55.3 Å². The Morgan fingerprint density at radius 2 is 1.50 bits per heavy atom. The third kappa shape index (κ3) is 7.88. The van der Waals surface area contributed by atoms with E-state index in [2.05, 4.69) is 63.9 Å². The average molecular weight is 877 g/mol. The Labute approximate surface area is 370 Å². The van der Waals surface area contributed by atoms with E-state index in [9.17, 15) is 19.2 Å².